The molecule has 1 aliphatic heterocycles. The summed E-state index contributed by atoms with van der Waals surface area (Å²) in [5, 5.41) is 9.19. The Morgan fingerprint density at radius 3 is 2.50 bits per heavy atom. The molecule has 1 atom stereocenters. The van der Waals surface area contributed by atoms with E-state index in [-0.39, 0.29) is 28.9 Å². The highest BCUT2D eigenvalue weighted by atomic mass is 32.2. The lowest BCUT2D eigenvalue weighted by atomic mass is 10.2. The van der Waals surface area contributed by atoms with E-state index in [1.165, 1.54) is 29.2 Å². The van der Waals surface area contributed by atoms with Gasteiger partial charge in [0.1, 0.15) is 5.75 Å². The first-order valence-electron chi connectivity index (χ1n) is 7.78. The molecule has 0 aliphatic carbocycles. The van der Waals surface area contributed by atoms with Gasteiger partial charge in [0.2, 0.25) is 0 Å². The number of carbonyl (C=O) groups excluding carboxylic acids is 2. The number of amides is 1. The average Bonchev–Trinajstić information content (AvgIpc) is 2.90. The first-order valence-corrected chi connectivity index (χ1v) is 9.60. The van der Waals surface area contributed by atoms with Crippen molar-refractivity contribution >= 4 is 21.7 Å². The molecule has 1 heterocycles. The number of hydrogen-bond donors (Lipinski definition) is 1. The van der Waals surface area contributed by atoms with Crippen LogP contribution in [0.15, 0.2) is 24.3 Å². The Labute approximate surface area is 141 Å². The van der Waals surface area contributed by atoms with Crippen LogP contribution in [-0.4, -0.2) is 61.0 Å². The second-order valence-corrected chi connectivity index (χ2v) is 8.00. The summed E-state index contributed by atoms with van der Waals surface area (Å²) in [6, 6.07) is 5.15. The number of phenolic OH excluding ortho intramolecular Hbond substituents is 1. The number of sulfone groups is 1. The molecule has 132 valence electrons. The largest absolute Gasteiger partial charge is 0.508 e. The van der Waals surface area contributed by atoms with Gasteiger partial charge < -0.3 is 14.7 Å². The minimum absolute atomic E-state index is 0.0270. The van der Waals surface area contributed by atoms with Crippen LogP contribution in [0.5, 0.6) is 5.75 Å². The number of benzene rings is 1. The van der Waals surface area contributed by atoms with Crippen molar-refractivity contribution in [1.82, 2.24) is 4.90 Å². The fourth-order valence-electron chi connectivity index (χ4n) is 2.66. The maximum Gasteiger partial charge on any atom is 0.338 e. The first kappa shape index (κ1) is 18.3. The van der Waals surface area contributed by atoms with Gasteiger partial charge in [0.15, 0.2) is 16.4 Å². The molecular formula is C16H21NO6S. The Bertz CT molecular complexity index is 698. The topological polar surface area (TPSA) is 101 Å². The smallest absolute Gasteiger partial charge is 0.338 e. The molecule has 1 fully saturated rings. The quantitative estimate of drug-likeness (QED) is 0.763. The van der Waals surface area contributed by atoms with Crippen molar-refractivity contribution in [2.75, 3.05) is 24.7 Å². The monoisotopic (exact) mass is 355 g/mol. The minimum Gasteiger partial charge on any atom is -0.508 e. The molecule has 1 N–H and O–H groups in total. The second kappa shape index (κ2) is 7.65. The summed E-state index contributed by atoms with van der Waals surface area (Å²) in [7, 11) is -3.10. The van der Waals surface area contributed by atoms with Crippen molar-refractivity contribution in [3.8, 4) is 5.75 Å². The summed E-state index contributed by atoms with van der Waals surface area (Å²) in [5.74, 6) is -0.993. The number of rotatable bonds is 6. The van der Waals surface area contributed by atoms with Gasteiger partial charge in [-0.05, 0) is 37.1 Å². The predicted octanol–water partition coefficient (Wildman–Crippen LogP) is 0.975. The lowest BCUT2D eigenvalue weighted by Crippen LogP contribution is -2.43. The predicted molar refractivity (Wildman–Crippen MR) is 87.5 cm³/mol. The van der Waals surface area contributed by atoms with Crippen LogP contribution in [0, 0.1) is 0 Å². The fourth-order valence-corrected chi connectivity index (χ4v) is 4.39. The van der Waals surface area contributed by atoms with Crippen molar-refractivity contribution in [2.24, 2.45) is 0 Å². The van der Waals surface area contributed by atoms with Crippen LogP contribution < -0.4 is 0 Å². The zero-order chi connectivity index (χ0) is 17.7. The van der Waals surface area contributed by atoms with Gasteiger partial charge in [0.25, 0.3) is 5.91 Å². The molecule has 1 saturated heterocycles. The van der Waals surface area contributed by atoms with Crippen molar-refractivity contribution in [1.29, 1.82) is 0 Å². The van der Waals surface area contributed by atoms with Gasteiger partial charge >= 0.3 is 5.97 Å². The molecule has 0 aromatic heterocycles. The molecule has 0 unspecified atom stereocenters. The van der Waals surface area contributed by atoms with Gasteiger partial charge in [-0.25, -0.2) is 13.2 Å². The number of aromatic hydroxyl groups is 1. The standard InChI is InChI=1S/C16H21NO6S/c1-2-8-17(13-7-9-24(21,22)11-13)15(19)10-23-16(20)12-3-5-14(18)6-4-12/h3-6,13,18H,2,7-11H2,1H3/t13-/m1/s1. The highest BCUT2D eigenvalue weighted by molar-refractivity contribution is 7.91. The molecule has 0 radical (unpaired) electrons. The number of carbonyl (C=O) groups is 2. The van der Waals surface area contributed by atoms with Crippen molar-refractivity contribution < 1.29 is 27.9 Å². The second-order valence-electron chi connectivity index (χ2n) is 5.77. The molecule has 1 aromatic carbocycles. The highest BCUT2D eigenvalue weighted by Crippen LogP contribution is 2.18. The SMILES string of the molecule is CCCN(C(=O)COC(=O)c1ccc(O)cc1)[C@@H]1CCS(=O)(=O)C1. The summed E-state index contributed by atoms with van der Waals surface area (Å²) >= 11 is 0. The fraction of sp³-hybridized carbons (Fsp3) is 0.500. The molecule has 1 aromatic rings. The lowest BCUT2D eigenvalue weighted by Gasteiger charge is -2.27. The third-order valence-electron chi connectivity index (χ3n) is 3.86. The molecule has 0 bridgehead atoms. The molecule has 0 spiro atoms. The van der Waals surface area contributed by atoms with E-state index < -0.39 is 28.3 Å². The Morgan fingerprint density at radius 1 is 1.29 bits per heavy atom. The zero-order valence-electron chi connectivity index (χ0n) is 13.5. The minimum atomic E-state index is -3.10. The van der Waals surface area contributed by atoms with E-state index in [0.29, 0.717) is 19.4 Å². The summed E-state index contributed by atoms with van der Waals surface area (Å²) in [5.41, 5.74) is 0.228. The van der Waals surface area contributed by atoms with E-state index in [4.69, 9.17) is 4.74 Å². The Balaban J connectivity index is 1.95. The normalized spacial score (nSPS) is 19.0. The van der Waals surface area contributed by atoms with Crippen molar-refractivity contribution in [3.05, 3.63) is 29.8 Å². The zero-order valence-corrected chi connectivity index (χ0v) is 14.3. The van der Waals surface area contributed by atoms with E-state index in [1.54, 1.807) is 0 Å². The first-order chi connectivity index (χ1) is 11.3. The van der Waals surface area contributed by atoms with Gasteiger partial charge in [0.05, 0.1) is 17.1 Å². The number of esters is 1. The van der Waals surface area contributed by atoms with E-state index in [0.717, 1.165) is 0 Å². The molecule has 2 rings (SSSR count). The highest BCUT2D eigenvalue weighted by Gasteiger charge is 2.34. The molecule has 1 amide bonds. The van der Waals surface area contributed by atoms with Gasteiger partial charge in [-0.3, -0.25) is 4.79 Å². The summed E-state index contributed by atoms with van der Waals surface area (Å²) < 4.78 is 28.2. The third kappa shape index (κ3) is 4.70. The molecular weight excluding hydrogens is 334 g/mol. The van der Waals surface area contributed by atoms with Gasteiger partial charge in [0, 0.05) is 12.6 Å². The summed E-state index contributed by atoms with van der Waals surface area (Å²) in [4.78, 5) is 25.7. The van der Waals surface area contributed by atoms with Gasteiger partial charge in [-0.1, -0.05) is 6.92 Å². The molecule has 24 heavy (non-hydrogen) atoms. The maximum absolute atomic E-state index is 12.3. The van der Waals surface area contributed by atoms with Gasteiger partial charge in [-0.2, -0.15) is 0 Å². The molecule has 1 aliphatic rings. The molecule has 8 heteroatoms. The average molecular weight is 355 g/mol. The maximum atomic E-state index is 12.3. The van der Waals surface area contributed by atoms with Crippen LogP contribution in [0.2, 0.25) is 0 Å². The van der Waals surface area contributed by atoms with Gasteiger partial charge in [-0.15, -0.1) is 0 Å². The molecule has 0 saturated carbocycles. The van der Waals surface area contributed by atoms with E-state index in [2.05, 4.69) is 0 Å². The number of nitrogens with zero attached hydrogens (tertiary/aromatic N) is 1. The third-order valence-corrected chi connectivity index (χ3v) is 5.61. The number of phenols is 1. The number of ether oxygens (including phenoxy) is 1. The van der Waals surface area contributed by atoms with Crippen LogP contribution in [0.4, 0.5) is 0 Å². The van der Waals surface area contributed by atoms with Crippen LogP contribution in [0.1, 0.15) is 30.1 Å². The van der Waals surface area contributed by atoms with Crippen LogP contribution in [0.25, 0.3) is 0 Å². The Morgan fingerprint density at radius 2 is 1.96 bits per heavy atom. The Hall–Kier alpha value is -2.09. The number of hydrogen-bond acceptors (Lipinski definition) is 6. The summed E-state index contributed by atoms with van der Waals surface area (Å²) in [6.07, 6.45) is 1.11. The van der Waals surface area contributed by atoms with Crippen LogP contribution in [-0.2, 0) is 19.4 Å². The molecule has 7 nitrogen and oxygen atoms in total. The van der Waals surface area contributed by atoms with Crippen LogP contribution in [0.3, 0.4) is 0 Å². The summed E-state index contributed by atoms with van der Waals surface area (Å²) in [6.45, 7) is 1.89. The Kier molecular flexibility index (Phi) is 5.82. The van der Waals surface area contributed by atoms with Crippen molar-refractivity contribution in [3.63, 3.8) is 0 Å². The van der Waals surface area contributed by atoms with E-state index in [9.17, 15) is 23.1 Å². The van der Waals surface area contributed by atoms with Crippen molar-refractivity contribution in [2.45, 2.75) is 25.8 Å². The van der Waals surface area contributed by atoms with E-state index >= 15 is 0 Å². The van der Waals surface area contributed by atoms with E-state index in [1.807, 2.05) is 6.92 Å². The lowest BCUT2D eigenvalue weighted by molar-refractivity contribution is -0.136. The van der Waals surface area contributed by atoms with Crippen LogP contribution >= 0.6 is 0 Å².